The minimum absolute atomic E-state index is 0.439. The first-order chi connectivity index (χ1) is 10.3. The van der Waals surface area contributed by atoms with Gasteiger partial charge in [0.1, 0.15) is 6.21 Å². The molecule has 0 bridgehead atoms. The molecule has 6 heteroatoms. The topological polar surface area (TPSA) is 63.3 Å². The smallest absolute Gasteiger partial charge is 0.182 e. The predicted molar refractivity (Wildman–Crippen MR) is 81.2 cm³/mol. The van der Waals surface area contributed by atoms with Crippen LogP contribution in [-0.4, -0.2) is 26.2 Å². The molecule has 0 spiro atoms. The molecule has 5 nitrogen and oxygen atoms in total. The summed E-state index contributed by atoms with van der Waals surface area (Å²) in [5.74, 6) is 0.971. The van der Waals surface area contributed by atoms with Crippen LogP contribution >= 0.6 is 11.6 Å². The highest BCUT2D eigenvalue weighted by molar-refractivity contribution is 6.30. The number of hydrogen-bond acceptors (Lipinski definition) is 4. The SMILES string of the molecule is ON=Cc1nc(-c2ccc(Cl)cc2)nn1-c1ccccc1. The maximum Gasteiger partial charge on any atom is 0.182 e. The quantitative estimate of drug-likeness (QED) is 0.458. The predicted octanol–water partition coefficient (Wildman–Crippen LogP) is 3.40. The van der Waals surface area contributed by atoms with Crippen LogP contribution in [0, 0.1) is 0 Å². The third kappa shape index (κ3) is 2.78. The first-order valence-electron chi connectivity index (χ1n) is 6.24. The van der Waals surface area contributed by atoms with Gasteiger partial charge in [0.25, 0.3) is 0 Å². The largest absolute Gasteiger partial charge is 0.411 e. The van der Waals surface area contributed by atoms with Gasteiger partial charge in [-0.3, -0.25) is 0 Å². The minimum Gasteiger partial charge on any atom is -0.411 e. The fraction of sp³-hybridized carbons (Fsp3) is 0. The molecule has 0 amide bonds. The Balaban J connectivity index is 2.10. The molecule has 3 aromatic rings. The van der Waals surface area contributed by atoms with Gasteiger partial charge in [-0.25, -0.2) is 9.67 Å². The van der Waals surface area contributed by atoms with Crippen molar-refractivity contribution in [3.63, 3.8) is 0 Å². The van der Waals surface area contributed by atoms with Gasteiger partial charge in [0.2, 0.25) is 0 Å². The Morgan fingerprint density at radius 2 is 1.76 bits per heavy atom. The first kappa shape index (κ1) is 13.3. The van der Waals surface area contributed by atoms with Crippen molar-refractivity contribution in [1.82, 2.24) is 14.8 Å². The van der Waals surface area contributed by atoms with E-state index in [2.05, 4.69) is 15.2 Å². The maximum atomic E-state index is 8.78. The van der Waals surface area contributed by atoms with Gasteiger partial charge in [-0.05, 0) is 36.4 Å². The normalized spacial score (nSPS) is 11.1. The summed E-state index contributed by atoms with van der Waals surface area (Å²) in [4.78, 5) is 4.38. The highest BCUT2D eigenvalue weighted by Gasteiger charge is 2.11. The van der Waals surface area contributed by atoms with E-state index in [1.165, 1.54) is 6.21 Å². The summed E-state index contributed by atoms with van der Waals surface area (Å²) in [6, 6.07) is 16.8. The first-order valence-corrected chi connectivity index (χ1v) is 6.61. The van der Waals surface area contributed by atoms with Gasteiger partial charge < -0.3 is 5.21 Å². The summed E-state index contributed by atoms with van der Waals surface area (Å²) in [5.41, 5.74) is 1.67. The van der Waals surface area contributed by atoms with E-state index in [9.17, 15) is 0 Å². The van der Waals surface area contributed by atoms with Crippen molar-refractivity contribution in [3.05, 3.63) is 65.4 Å². The van der Waals surface area contributed by atoms with Crippen LogP contribution in [0.15, 0.2) is 59.8 Å². The molecule has 3 rings (SSSR count). The molecule has 0 aliphatic rings. The van der Waals surface area contributed by atoms with Crippen molar-refractivity contribution in [2.75, 3.05) is 0 Å². The lowest BCUT2D eigenvalue weighted by Gasteiger charge is -2.01. The molecule has 21 heavy (non-hydrogen) atoms. The van der Waals surface area contributed by atoms with E-state index >= 15 is 0 Å². The number of oxime groups is 1. The van der Waals surface area contributed by atoms with Crippen molar-refractivity contribution in [1.29, 1.82) is 0 Å². The summed E-state index contributed by atoms with van der Waals surface area (Å²) in [6.07, 6.45) is 1.25. The van der Waals surface area contributed by atoms with Gasteiger partial charge >= 0.3 is 0 Å². The van der Waals surface area contributed by atoms with Crippen LogP contribution in [0.1, 0.15) is 5.82 Å². The molecule has 0 unspecified atom stereocenters. The average Bonchev–Trinajstić information content (AvgIpc) is 2.93. The molecule has 0 radical (unpaired) electrons. The van der Waals surface area contributed by atoms with E-state index < -0.39 is 0 Å². The third-order valence-electron chi connectivity index (χ3n) is 2.91. The summed E-state index contributed by atoms with van der Waals surface area (Å²) < 4.78 is 1.61. The second-order valence-electron chi connectivity index (χ2n) is 4.29. The molecule has 104 valence electrons. The van der Waals surface area contributed by atoms with Gasteiger partial charge in [0.15, 0.2) is 11.6 Å². The van der Waals surface area contributed by atoms with Crippen LogP contribution in [0.3, 0.4) is 0 Å². The molecule has 1 aromatic heterocycles. The zero-order chi connectivity index (χ0) is 14.7. The molecule has 0 atom stereocenters. The minimum atomic E-state index is 0.439. The number of benzene rings is 2. The summed E-state index contributed by atoms with van der Waals surface area (Å²) in [7, 11) is 0. The third-order valence-corrected chi connectivity index (χ3v) is 3.16. The van der Waals surface area contributed by atoms with Gasteiger partial charge in [-0.2, -0.15) is 0 Å². The molecule has 0 aliphatic heterocycles. The number of hydrogen-bond donors (Lipinski definition) is 1. The van der Waals surface area contributed by atoms with Crippen LogP contribution in [-0.2, 0) is 0 Å². The molecule has 1 heterocycles. The Morgan fingerprint density at radius 1 is 1.05 bits per heavy atom. The summed E-state index contributed by atoms with van der Waals surface area (Å²) in [5, 5.41) is 16.9. The lowest BCUT2D eigenvalue weighted by atomic mass is 10.2. The lowest BCUT2D eigenvalue weighted by Crippen LogP contribution is -2.01. The zero-order valence-electron chi connectivity index (χ0n) is 10.9. The summed E-state index contributed by atoms with van der Waals surface area (Å²) >= 11 is 5.88. The number of para-hydroxylation sites is 1. The van der Waals surface area contributed by atoms with Gasteiger partial charge in [0.05, 0.1) is 5.69 Å². The van der Waals surface area contributed by atoms with Gasteiger partial charge in [-0.15, -0.1) is 5.10 Å². The highest BCUT2D eigenvalue weighted by Crippen LogP contribution is 2.20. The van der Waals surface area contributed by atoms with E-state index in [0.717, 1.165) is 11.3 Å². The Morgan fingerprint density at radius 3 is 2.43 bits per heavy atom. The Labute approximate surface area is 126 Å². The monoisotopic (exact) mass is 298 g/mol. The lowest BCUT2D eigenvalue weighted by molar-refractivity contribution is 0.321. The van der Waals surface area contributed by atoms with Crippen molar-refractivity contribution >= 4 is 17.8 Å². The Kier molecular flexibility index (Phi) is 3.66. The van der Waals surface area contributed by atoms with Crippen molar-refractivity contribution in [3.8, 4) is 17.1 Å². The zero-order valence-corrected chi connectivity index (χ0v) is 11.6. The van der Waals surface area contributed by atoms with Crippen LogP contribution in [0.2, 0.25) is 5.02 Å². The van der Waals surface area contributed by atoms with Gasteiger partial charge in [0, 0.05) is 10.6 Å². The van der Waals surface area contributed by atoms with Crippen LogP contribution in [0.5, 0.6) is 0 Å². The molecular formula is C15H11ClN4O. The number of halogens is 1. The van der Waals surface area contributed by atoms with Gasteiger partial charge in [-0.1, -0.05) is 35.0 Å². The molecular weight excluding hydrogens is 288 g/mol. The summed E-state index contributed by atoms with van der Waals surface area (Å²) in [6.45, 7) is 0. The molecule has 0 fully saturated rings. The van der Waals surface area contributed by atoms with Crippen LogP contribution in [0.25, 0.3) is 17.1 Å². The van der Waals surface area contributed by atoms with E-state index in [-0.39, 0.29) is 0 Å². The van der Waals surface area contributed by atoms with E-state index in [4.69, 9.17) is 16.8 Å². The van der Waals surface area contributed by atoms with E-state index in [1.807, 2.05) is 42.5 Å². The van der Waals surface area contributed by atoms with E-state index in [1.54, 1.807) is 16.8 Å². The van der Waals surface area contributed by atoms with E-state index in [0.29, 0.717) is 16.7 Å². The average molecular weight is 299 g/mol. The van der Waals surface area contributed by atoms with Crippen molar-refractivity contribution in [2.24, 2.45) is 5.16 Å². The number of rotatable bonds is 3. The fourth-order valence-corrected chi connectivity index (χ4v) is 2.07. The Hall–Kier alpha value is -2.66. The number of aromatic nitrogens is 3. The second-order valence-corrected chi connectivity index (χ2v) is 4.73. The molecule has 1 N–H and O–H groups in total. The maximum absolute atomic E-state index is 8.78. The molecule has 0 aliphatic carbocycles. The fourth-order valence-electron chi connectivity index (χ4n) is 1.94. The van der Waals surface area contributed by atoms with Crippen molar-refractivity contribution in [2.45, 2.75) is 0 Å². The van der Waals surface area contributed by atoms with Crippen molar-refractivity contribution < 1.29 is 5.21 Å². The molecule has 0 saturated heterocycles. The van der Waals surface area contributed by atoms with Crippen LogP contribution < -0.4 is 0 Å². The van der Waals surface area contributed by atoms with Crippen LogP contribution in [0.4, 0.5) is 0 Å². The molecule has 2 aromatic carbocycles. The number of nitrogens with zero attached hydrogens (tertiary/aromatic N) is 4. The standard InChI is InChI=1S/C15H11ClN4O/c16-12-8-6-11(7-9-12)15-18-14(10-17-21)20(19-15)13-4-2-1-3-5-13/h1-10,21H. The second kappa shape index (κ2) is 5.76. The molecule has 0 saturated carbocycles. The Bertz CT molecular complexity index is 766. The highest BCUT2D eigenvalue weighted by atomic mass is 35.5.